The number of oxazole rings is 1. The number of anilines is 3. The Morgan fingerprint density at radius 1 is 0.377 bits per heavy atom. The van der Waals surface area contributed by atoms with Crippen LogP contribution in [0.3, 0.4) is 0 Å². The third-order valence-corrected chi connectivity index (χ3v) is 9.90. The van der Waals surface area contributed by atoms with Gasteiger partial charge in [-0.25, -0.2) is 4.98 Å². The van der Waals surface area contributed by atoms with Crippen LogP contribution in [-0.2, 0) is 0 Å². The summed E-state index contributed by atoms with van der Waals surface area (Å²) in [6.07, 6.45) is 0. The molecule has 0 amide bonds. The van der Waals surface area contributed by atoms with Crippen LogP contribution in [0.25, 0.3) is 77.9 Å². The van der Waals surface area contributed by atoms with Gasteiger partial charge in [0.15, 0.2) is 5.58 Å². The van der Waals surface area contributed by atoms with Crippen molar-refractivity contribution in [3.8, 4) is 44.8 Å². The standard InChI is InChI=1S/C49H32N2O2/c1-4-13-33(14-5-1)35-23-27-39(28-24-35)51(41-20-12-19-38(31-41)34-15-6-2-7-16-34)40-29-25-36(26-30-40)46-47-42-21-10-11-22-44(42)52-45(47)32-43-48(46)53-49(50-43)37-17-8-3-9-18-37/h1-32H. The van der Waals surface area contributed by atoms with Gasteiger partial charge in [0.1, 0.15) is 16.7 Å². The maximum Gasteiger partial charge on any atom is 0.227 e. The highest BCUT2D eigenvalue weighted by molar-refractivity contribution is 6.19. The smallest absolute Gasteiger partial charge is 0.227 e. The van der Waals surface area contributed by atoms with Gasteiger partial charge >= 0.3 is 0 Å². The van der Waals surface area contributed by atoms with Crippen LogP contribution in [0.15, 0.2) is 203 Å². The predicted molar refractivity (Wildman–Crippen MR) is 218 cm³/mol. The third kappa shape index (κ3) is 5.54. The molecule has 0 radical (unpaired) electrons. The van der Waals surface area contributed by atoms with Gasteiger partial charge in [-0.3, -0.25) is 0 Å². The van der Waals surface area contributed by atoms with Crippen molar-refractivity contribution in [2.24, 2.45) is 0 Å². The summed E-state index contributed by atoms with van der Waals surface area (Å²) in [5.41, 5.74) is 13.9. The van der Waals surface area contributed by atoms with E-state index in [1.807, 2.05) is 54.6 Å². The van der Waals surface area contributed by atoms with Gasteiger partial charge in [0.05, 0.1) is 0 Å². The minimum atomic E-state index is 0.582. The molecule has 8 aromatic carbocycles. The van der Waals surface area contributed by atoms with E-state index < -0.39 is 0 Å². The molecule has 0 unspecified atom stereocenters. The van der Waals surface area contributed by atoms with Crippen LogP contribution in [0, 0.1) is 0 Å². The Balaban J connectivity index is 1.13. The highest BCUT2D eigenvalue weighted by Crippen LogP contribution is 2.44. The zero-order valence-corrected chi connectivity index (χ0v) is 28.7. The fraction of sp³-hybridized carbons (Fsp3) is 0. The van der Waals surface area contributed by atoms with Gasteiger partial charge in [-0.15, -0.1) is 0 Å². The summed E-state index contributed by atoms with van der Waals surface area (Å²) < 4.78 is 13.0. The number of hydrogen-bond donors (Lipinski definition) is 0. The first-order valence-corrected chi connectivity index (χ1v) is 17.8. The average molecular weight is 681 g/mol. The second-order valence-corrected chi connectivity index (χ2v) is 13.2. The van der Waals surface area contributed by atoms with Gasteiger partial charge in [0.25, 0.3) is 0 Å². The molecule has 250 valence electrons. The predicted octanol–water partition coefficient (Wildman–Crippen LogP) is 13.9. The van der Waals surface area contributed by atoms with Crippen molar-refractivity contribution >= 4 is 50.1 Å². The maximum absolute atomic E-state index is 6.62. The SMILES string of the molecule is c1ccc(-c2ccc(N(c3ccc(-c4c5oc(-c6ccccc6)nc5cc5oc6ccccc6c45)cc3)c3cccc(-c4ccccc4)c3)cc2)cc1. The first-order valence-electron chi connectivity index (χ1n) is 17.8. The van der Waals surface area contributed by atoms with Crippen molar-refractivity contribution in [3.63, 3.8) is 0 Å². The molecule has 0 N–H and O–H groups in total. The molecular weight excluding hydrogens is 649 g/mol. The summed E-state index contributed by atoms with van der Waals surface area (Å²) >= 11 is 0. The molecule has 0 aliphatic carbocycles. The van der Waals surface area contributed by atoms with E-state index in [9.17, 15) is 0 Å². The molecule has 0 atom stereocenters. The number of para-hydroxylation sites is 1. The molecule has 53 heavy (non-hydrogen) atoms. The van der Waals surface area contributed by atoms with E-state index in [1.54, 1.807) is 0 Å². The van der Waals surface area contributed by atoms with Gasteiger partial charge in [-0.2, -0.15) is 0 Å². The van der Waals surface area contributed by atoms with Crippen molar-refractivity contribution in [2.75, 3.05) is 4.90 Å². The molecule has 0 aliphatic heterocycles. The molecule has 2 heterocycles. The molecular formula is C49H32N2O2. The Hall–Kier alpha value is -7.17. The molecule has 0 saturated heterocycles. The number of rotatable bonds is 7. The molecule has 4 nitrogen and oxygen atoms in total. The maximum atomic E-state index is 6.62. The monoisotopic (exact) mass is 680 g/mol. The highest BCUT2D eigenvalue weighted by atomic mass is 16.4. The van der Waals surface area contributed by atoms with Gasteiger partial charge in [0.2, 0.25) is 5.89 Å². The highest BCUT2D eigenvalue weighted by Gasteiger charge is 2.22. The number of nitrogens with zero attached hydrogens (tertiary/aromatic N) is 2. The summed E-state index contributed by atoms with van der Waals surface area (Å²) in [4.78, 5) is 7.26. The Morgan fingerprint density at radius 3 is 1.60 bits per heavy atom. The van der Waals surface area contributed by atoms with Gasteiger partial charge in [-0.1, -0.05) is 133 Å². The average Bonchev–Trinajstić information content (AvgIpc) is 3.83. The van der Waals surface area contributed by atoms with Crippen molar-refractivity contribution in [2.45, 2.75) is 0 Å². The number of hydrogen-bond acceptors (Lipinski definition) is 4. The van der Waals surface area contributed by atoms with Crippen LogP contribution >= 0.6 is 0 Å². The van der Waals surface area contributed by atoms with Gasteiger partial charge in [-0.05, 0) is 82.4 Å². The lowest BCUT2D eigenvalue weighted by atomic mass is 9.97. The number of benzene rings is 8. The molecule has 0 bridgehead atoms. The van der Waals surface area contributed by atoms with Crippen LogP contribution in [0.2, 0.25) is 0 Å². The minimum Gasteiger partial charge on any atom is -0.456 e. The quantitative estimate of drug-likeness (QED) is 0.168. The Bertz CT molecular complexity index is 2860. The molecule has 0 spiro atoms. The first-order chi connectivity index (χ1) is 26.3. The van der Waals surface area contributed by atoms with Crippen LogP contribution < -0.4 is 4.90 Å². The van der Waals surface area contributed by atoms with Crippen molar-refractivity contribution in [1.82, 2.24) is 4.98 Å². The largest absolute Gasteiger partial charge is 0.456 e. The molecule has 0 aliphatic rings. The summed E-state index contributed by atoms with van der Waals surface area (Å²) in [7, 11) is 0. The fourth-order valence-electron chi connectivity index (χ4n) is 7.36. The summed E-state index contributed by atoms with van der Waals surface area (Å²) in [6.45, 7) is 0. The number of aromatic nitrogens is 1. The van der Waals surface area contributed by atoms with E-state index in [1.165, 1.54) is 16.7 Å². The summed E-state index contributed by atoms with van der Waals surface area (Å²) in [5.74, 6) is 0.582. The lowest BCUT2D eigenvalue weighted by molar-refractivity contribution is 0.621. The van der Waals surface area contributed by atoms with E-state index >= 15 is 0 Å². The number of furan rings is 1. The van der Waals surface area contributed by atoms with E-state index in [0.717, 1.165) is 72.4 Å². The Kier molecular flexibility index (Phi) is 7.43. The van der Waals surface area contributed by atoms with E-state index in [0.29, 0.717) is 5.89 Å². The zero-order chi connectivity index (χ0) is 35.1. The van der Waals surface area contributed by atoms with Crippen LogP contribution in [-0.4, -0.2) is 4.98 Å². The summed E-state index contributed by atoms with van der Waals surface area (Å²) in [5, 5.41) is 2.06. The molecule has 0 fully saturated rings. The van der Waals surface area contributed by atoms with Crippen molar-refractivity contribution in [1.29, 1.82) is 0 Å². The topological polar surface area (TPSA) is 42.4 Å². The lowest BCUT2D eigenvalue weighted by Gasteiger charge is -2.26. The Morgan fingerprint density at radius 2 is 0.925 bits per heavy atom. The van der Waals surface area contributed by atoms with Crippen molar-refractivity contribution < 1.29 is 8.83 Å². The van der Waals surface area contributed by atoms with E-state index in [4.69, 9.17) is 13.8 Å². The fourth-order valence-corrected chi connectivity index (χ4v) is 7.36. The van der Waals surface area contributed by atoms with Crippen molar-refractivity contribution in [3.05, 3.63) is 194 Å². The zero-order valence-electron chi connectivity index (χ0n) is 28.7. The van der Waals surface area contributed by atoms with Gasteiger partial charge < -0.3 is 13.7 Å². The molecule has 2 aromatic heterocycles. The Labute approximate surface area is 306 Å². The summed E-state index contributed by atoms with van der Waals surface area (Å²) in [6, 6.07) is 67.5. The first kappa shape index (κ1) is 30.6. The van der Waals surface area contributed by atoms with Crippen LogP contribution in [0.4, 0.5) is 17.1 Å². The van der Waals surface area contributed by atoms with E-state index in [2.05, 4.69) is 144 Å². The van der Waals surface area contributed by atoms with Gasteiger partial charge in [0, 0.05) is 45.0 Å². The molecule has 10 aromatic rings. The van der Waals surface area contributed by atoms with Crippen LogP contribution in [0.1, 0.15) is 0 Å². The molecule has 4 heteroatoms. The van der Waals surface area contributed by atoms with Crippen LogP contribution in [0.5, 0.6) is 0 Å². The number of fused-ring (bicyclic) bond motifs is 4. The lowest BCUT2D eigenvalue weighted by Crippen LogP contribution is -2.10. The second kappa shape index (κ2) is 12.9. The third-order valence-electron chi connectivity index (χ3n) is 9.90. The second-order valence-electron chi connectivity index (χ2n) is 13.2. The molecule has 0 saturated carbocycles. The minimum absolute atomic E-state index is 0.582. The normalized spacial score (nSPS) is 11.4. The molecule has 10 rings (SSSR count). The van der Waals surface area contributed by atoms with E-state index in [-0.39, 0.29) is 0 Å².